The number of aromatic nitrogens is 2. The molecule has 0 radical (unpaired) electrons. The summed E-state index contributed by atoms with van der Waals surface area (Å²) in [6.07, 6.45) is 0. The fourth-order valence-electron chi connectivity index (χ4n) is 4.53. The molecule has 1 aromatic heterocycles. The van der Waals surface area contributed by atoms with Crippen molar-refractivity contribution in [3.63, 3.8) is 0 Å². The second-order valence-corrected chi connectivity index (χ2v) is 10.6. The molecule has 3 aromatic rings. The van der Waals surface area contributed by atoms with E-state index < -0.39 is 10.0 Å². The van der Waals surface area contributed by atoms with Crippen molar-refractivity contribution >= 4 is 27.0 Å². The molecule has 5 rings (SSSR count). The molecular formula is C24H29N5O4S. The number of amides is 1. The average Bonchev–Trinajstić information content (AvgIpc) is 3.20. The first-order chi connectivity index (χ1) is 16.4. The summed E-state index contributed by atoms with van der Waals surface area (Å²) in [4.78, 5) is 22.1. The van der Waals surface area contributed by atoms with Crippen LogP contribution in [-0.2, 0) is 28.4 Å². The number of hydrogen-bond acceptors (Lipinski definition) is 6. The molecular weight excluding hydrogens is 454 g/mol. The summed E-state index contributed by atoms with van der Waals surface area (Å²) in [6, 6.07) is 14.4. The minimum Gasteiger partial charge on any atom is -0.379 e. The third kappa shape index (κ3) is 4.46. The number of sulfonamides is 1. The molecule has 9 nitrogen and oxygen atoms in total. The highest BCUT2D eigenvalue weighted by molar-refractivity contribution is 7.89. The van der Waals surface area contributed by atoms with E-state index in [0.29, 0.717) is 45.0 Å². The molecule has 2 aliphatic heterocycles. The van der Waals surface area contributed by atoms with Crippen LogP contribution in [0.1, 0.15) is 16.2 Å². The van der Waals surface area contributed by atoms with Crippen molar-refractivity contribution in [2.75, 3.05) is 52.5 Å². The van der Waals surface area contributed by atoms with Gasteiger partial charge in [-0.1, -0.05) is 12.1 Å². The van der Waals surface area contributed by atoms with Gasteiger partial charge in [0.1, 0.15) is 5.82 Å². The SMILES string of the molecule is Cn1c(CN2CCN(C(=O)c3ccc(S(=O)(=O)N4CCOCC4)cc3)CC2)nc2ccccc21. The maximum Gasteiger partial charge on any atom is 0.253 e. The molecule has 3 heterocycles. The molecule has 0 atom stereocenters. The van der Waals surface area contributed by atoms with Gasteiger partial charge in [0.15, 0.2) is 0 Å². The summed E-state index contributed by atoms with van der Waals surface area (Å²) >= 11 is 0. The summed E-state index contributed by atoms with van der Waals surface area (Å²) in [5, 5.41) is 0. The second-order valence-electron chi connectivity index (χ2n) is 8.68. The first kappa shape index (κ1) is 23.0. The summed E-state index contributed by atoms with van der Waals surface area (Å²) in [5.41, 5.74) is 2.61. The Labute approximate surface area is 199 Å². The van der Waals surface area contributed by atoms with Gasteiger partial charge in [0, 0.05) is 51.9 Å². The third-order valence-electron chi connectivity index (χ3n) is 6.61. The number of ether oxygens (including phenoxy) is 1. The molecule has 2 aliphatic rings. The maximum atomic E-state index is 13.0. The number of para-hydroxylation sites is 2. The number of hydrogen-bond donors (Lipinski definition) is 0. The average molecular weight is 484 g/mol. The highest BCUT2D eigenvalue weighted by Crippen LogP contribution is 2.20. The Morgan fingerprint density at radius 3 is 2.29 bits per heavy atom. The van der Waals surface area contributed by atoms with Crippen molar-refractivity contribution in [1.82, 2.24) is 23.7 Å². The Morgan fingerprint density at radius 1 is 0.941 bits per heavy atom. The van der Waals surface area contributed by atoms with Crippen LogP contribution in [0, 0.1) is 0 Å². The molecule has 2 fully saturated rings. The molecule has 34 heavy (non-hydrogen) atoms. The van der Waals surface area contributed by atoms with Crippen molar-refractivity contribution in [3.05, 3.63) is 59.9 Å². The lowest BCUT2D eigenvalue weighted by Gasteiger charge is -2.34. The Bertz CT molecular complexity index is 1270. The lowest BCUT2D eigenvalue weighted by atomic mass is 10.2. The van der Waals surface area contributed by atoms with Gasteiger partial charge in [-0.2, -0.15) is 4.31 Å². The van der Waals surface area contributed by atoms with Gasteiger partial charge in [0.05, 0.1) is 35.7 Å². The standard InChI is InChI=1S/C24H29N5O4S/c1-26-22-5-3-2-4-21(22)25-23(26)18-27-10-12-28(13-11-27)24(30)19-6-8-20(9-7-19)34(31,32)29-14-16-33-17-15-29/h2-9H,10-18H2,1H3. The van der Waals surface area contributed by atoms with Crippen LogP contribution < -0.4 is 0 Å². The summed E-state index contributed by atoms with van der Waals surface area (Å²) in [5.74, 6) is 0.941. The van der Waals surface area contributed by atoms with Crippen LogP contribution in [0.4, 0.5) is 0 Å². The van der Waals surface area contributed by atoms with Gasteiger partial charge in [0.2, 0.25) is 10.0 Å². The monoisotopic (exact) mass is 483 g/mol. The summed E-state index contributed by atoms with van der Waals surface area (Å²) < 4.78 is 34.4. The van der Waals surface area contributed by atoms with E-state index in [1.807, 2.05) is 30.1 Å². The zero-order valence-electron chi connectivity index (χ0n) is 19.3. The molecule has 1 amide bonds. The van der Waals surface area contributed by atoms with Gasteiger partial charge in [-0.15, -0.1) is 0 Å². The fraction of sp³-hybridized carbons (Fsp3) is 0.417. The molecule has 10 heteroatoms. The van der Waals surface area contributed by atoms with Crippen molar-refractivity contribution in [1.29, 1.82) is 0 Å². The molecule has 0 spiro atoms. The minimum absolute atomic E-state index is 0.0716. The summed E-state index contributed by atoms with van der Waals surface area (Å²) in [7, 11) is -1.53. The van der Waals surface area contributed by atoms with E-state index >= 15 is 0 Å². The van der Waals surface area contributed by atoms with Crippen LogP contribution in [0.2, 0.25) is 0 Å². The third-order valence-corrected chi connectivity index (χ3v) is 8.53. The van der Waals surface area contributed by atoms with Crippen molar-refractivity contribution < 1.29 is 17.9 Å². The normalized spacial score (nSPS) is 18.4. The van der Waals surface area contributed by atoms with Crippen molar-refractivity contribution in [2.24, 2.45) is 7.05 Å². The molecule has 0 bridgehead atoms. The van der Waals surface area contributed by atoms with Crippen molar-refractivity contribution in [3.8, 4) is 0 Å². The first-order valence-electron chi connectivity index (χ1n) is 11.5. The zero-order valence-corrected chi connectivity index (χ0v) is 20.1. The van der Waals surface area contributed by atoms with Crippen LogP contribution >= 0.6 is 0 Å². The van der Waals surface area contributed by atoms with Crippen LogP contribution in [-0.4, -0.2) is 90.5 Å². The van der Waals surface area contributed by atoms with Gasteiger partial charge in [-0.25, -0.2) is 13.4 Å². The number of piperazine rings is 1. The maximum absolute atomic E-state index is 13.0. The quantitative estimate of drug-likeness (QED) is 0.547. The Morgan fingerprint density at radius 2 is 1.62 bits per heavy atom. The second kappa shape index (κ2) is 9.46. The number of carbonyl (C=O) groups excluding carboxylic acids is 1. The van der Waals surface area contributed by atoms with Gasteiger partial charge in [0.25, 0.3) is 5.91 Å². The van der Waals surface area contributed by atoms with Crippen LogP contribution in [0.15, 0.2) is 53.4 Å². The molecule has 0 unspecified atom stereocenters. The van der Waals surface area contributed by atoms with E-state index in [9.17, 15) is 13.2 Å². The first-order valence-corrected chi connectivity index (χ1v) is 13.0. The largest absolute Gasteiger partial charge is 0.379 e. The molecule has 0 aliphatic carbocycles. The predicted molar refractivity (Wildman–Crippen MR) is 128 cm³/mol. The number of rotatable bonds is 5. The predicted octanol–water partition coefficient (Wildman–Crippen LogP) is 1.55. The molecule has 180 valence electrons. The van der Waals surface area contributed by atoms with Gasteiger partial charge in [-0.3, -0.25) is 9.69 Å². The number of benzene rings is 2. The molecule has 0 saturated carbocycles. The van der Waals surface area contributed by atoms with Gasteiger partial charge >= 0.3 is 0 Å². The molecule has 0 N–H and O–H groups in total. The molecule has 2 saturated heterocycles. The van der Waals surface area contributed by atoms with Crippen LogP contribution in [0.25, 0.3) is 11.0 Å². The number of aryl methyl sites for hydroxylation is 1. The highest BCUT2D eigenvalue weighted by atomic mass is 32.2. The van der Waals surface area contributed by atoms with Gasteiger partial charge in [-0.05, 0) is 36.4 Å². The Balaban J connectivity index is 1.19. The zero-order chi connectivity index (χ0) is 23.7. The number of nitrogens with zero attached hydrogens (tertiary/aromatic N) is 5. The van der Waals surface area contributed by atoms with Crippen molar-refractivity contribution in [2.45, 2.75) is 11.4 Å². The van der Waals surface area contributed by atoms with E-state index in [4.69, 9.17) is 9.72 Å². The lowest BCUT2D eigenvalue weighted by Crippen LogP contribution is -2.48. The number of fused-ring (bicyclic) bond motifs is 1. The topological polar surface area (TPSA) is 88.0 Å². The van der Waals surface area contributed by atoms with E-state index in [2.05, 4.69) is 15.5 Å². The van der Waals surface area contributed by atoms with Crippen LogP contribution in [0.5, 0.6) is 0 Å². The highest BCUT2D eigenvalue weighted by Gasteiger charge is 2.27. The van der Waals surface area contributed by atoms with E-state index in [1.54, 1.807) is 12.1 Å². The molecule has 2 aromatic carbocycles. The summed E-state index contributed by atoms with van der Waals surface area (Å²) in [6.45, 7) is 5.01. The fourth-order valence-corrected chi connectivity index (χ4v) is 5.94. The number of carbonyl (C=O) groups is 1. The smallest absolute Gasteiger partial charge is 0.253 e. The van der Waals surface area contributed by atoms with Gasteiger partial charge < -0.3 is 14.2 Å². The van der Waals surface area contributed by atoms with E-state index in [1.165, 1.54) is 16.4 Å². The lowest BCUT2D eigenvalue weighted by molar-refractivity contribution is 0.0624. The Hall–Kier alpha value is -2.79. The number of imidazole rings is 1. The minimum atomic E-state index is -3.57. The number of morpholine rings is 1. The van der Waals surface area contributed by atoms with Crippen LogP contribution in [0.3, 0.4) is 0 Å². The van der Waals surface area contributed by atoms with E-state index in [0.717, 1.165) is 36.5 Å². The van der Waals surface area contributed by atoms with E-state index in [-0.39, 0.29) is 10.8 Å². The Kier molecular flexibility index (Phi) is 6.39.